The van der Waals surface area contributed by atoms with Crippen LogP contribution in [0, 0.1) is 11.8 Å². The van der Waals surface area contributed by atoms with Crippen molar-refractivity contribution >= 4 is 29.6 Å². The third kappa shape index (κ3) is 10.1. The first-order valence-electron chi connectivity index (χ1n) is 12.3. The molecule has 0 spiro atoms. The molecule has 0 heterocycles. The van der Waals surface area contributed by atoms with E-state index in [1.54, 1.807) is 19.1 Å². The lowest BCUT2D eigenvalue weighted by molar-refractivity contribution is -0.143. The van der Waals surface area contributed by atoms with Crippen LogP contribution in [0.15, 0.2) is 24.3 Å². The second kappa shape index (κ2) is 14.8. The molecule has 9 N–H and O–H groups in total. The van der Waals surface area contributed by atoms with E-state index < -0.39 is 60.2 Å². The fourth-order valence-electron chi connectivity index (χ4n) is 3.48. The first-order chi connectivity index (χ1) is 17.3. The molecule has 1 aromatic rings. The monoisotopic (exact) mass is 521 g/mol. The summed E-state index contributed by atoms with van der Waals surface area (Å²) < 4.78 is 0. The third-order valence-electron chi connectivity index (χ3n) is 6.38. The molecule has 0 aromatic heterocycles. The first-order valence-corrected chi connectivity index (χ1v) is 12.3. The van der Waals surface area contributed by atoms with E-state index in [1.807, 2.05) is 20.8 Å². The standard InChI is InChI=1S/C25H39N5O7/c1-5-13(3)20(27)23(34)30-21(14(4)6-2)24(35)28-17(11-15-7-9-16(31)10-8-15)22(33)29-18(25(36)37)12-19(26)32/h7-10,13-14,17-18,20-21,31H,5-6,11-12,27H2,1-4H3,(H2,26,32)(H,28,35)(H,29,33)(H,30,34)(H,36,37). The van der Waals surface area contributed by atoms with Gasteiger partial charge < -0.3 is 37.6 Å². The van der Waals surface area contributed by atoms with Crippen molar-refractivity contribution in [3.05, 3.63) is 29.8 Å². The van der Waals surface area contributed by atoms with Crippen LogP contribution in [-0.2, 0) is 30.4 Å². The summed E-state index contributed by atoms with van der Waals surface area (Å²) in [4.78, 5) is 61.9. The number of aliphatic carboxylic acids is 1. The number of phenolic OH excluding ortho intramolecular Hbond substituents is 1. The minimum atomic E-state index is -1.59. The van der Waals surface area contributed by atoms with Crippen LogP contribution in [0.3, 0.4) is 0 Å². The number of carboxylic acids is 1. The molecule has 0 saturated carbocycles. The van der Waals surface area contributed by atoms with Gasteiger partial charge in [0.25, 0.3) is 0 Å². The number of primary amides is 1. The second-order valence-corrected chi connectivity index (χ2v) is 9.28. The van der Waals surface area contributed by atoms with Gasteiger partial charge in [0, 0.05) is 6.42 Å². The highest BCUT2D eigenvalue weighted by Crippen LogP contribution is 2.14. The first kappa shape index (κ1) is 31.4. The van der Waals surface area contributed by atoms with Crippen molar-refractivity contribution in [3.63, 3.8) is 0 Å². The third-order valence-corrected chi connectivity index (χ3v) is 6.38. The van der Waals surface area contributed by atoms with E-state index >= 15 is 0 Å². The molecule has 0 aliphatic rings. The van der Waals surface area contributed by atoms with Crippen LogP contribution >= 0.6 is 0 Å². The topological polar surface area (TPSA) is 214 Å². The van der Waals surface area contributed by atoms with E-state index in [9.17, 15) is 34.2 Å². The molecule has 1 aromatic carbocycles. The number of nitrogens with one attached hydrogen (secondary N) is 3. The number of carbonyl (C=O) groups excluding carboxylic acids is 4. The molecular formula is C25H39N5O7. The van der Waals surface area contributed by atoms with E-state index in [2.05, 4.69) is 16.0 Å². The number of carbonyl (C=O) groups is 5. The molecule has 0 fully saturated rings. The summed E-state index contributed by atoms with van der Waals surface area (Å²) in [7, 11) is 0. The predicted molar refractivity (Wildman–Crippen MR) is 136 cm³/mol. The molecule has 12 heteroatoms. The lowest BCUT2D eigenvalue weighted by Gasteiger charge is -2.28. The number of aromatic hydroxyl groups is 1. The van der Waals surface area contributed by atoms with Crippen molar-refractivity contribution in [2.45, 2.75) is 77.5 Å². The van der Waals surface area contributed by atoms with Gasteiger partial charge in [-0.1, -0.05) is 52.7 Å². The number of phenols is 1. The molecule has 4 amide bonds. The minimum Gasteiger partial charge on any atom is -0.508 e. The van der Waals surface area contributed by atoms with E-state index in [0.717, 1.165) is 0 Å². The number of nitrogens with two attached hydrogens (primary N) is 2. The molecular weight excluding hydrogens is 482 g/mol. The normalized spacial score (nSPS) is 15.8. The molecule has 0 saturated heterocycles. The summed E-state index contributed by atoms with van der Waals surface area (Å²) in [5, 5.41) is 26.4. The van der Waals surface area contributed by atoms with Gasteiger partial charge in [-0.15, -0.1) is 0 Å². The Kier molecular flexibility index (Phi) is 12.5. The van der Waals surface area contributed by atoms with Gasteiger partial charge >= 0.3 is 5.97 Å². The molecule has 0 radical (unpaired) electrons. The number of benzene rings is 1. The smallest absolute Gasteiger partial charge is 0.326 e. The quantitative estimate of drug-likeness (QED) is 0.163. The Hall–Kier alpha value is -3.67. The molecule has 12 nitrogen and oxygen atoms in total. The number of amides is 4. The Morgan fingerprint density at radius 3 is 1.86 bits per heavy atom. The Morgan fingerprint density at radius 1 is 0.838 bits per heavy atom. The van der Waals surface area contributed by atoms with Crippen molar-refractivity contribution in [1.29, 1.82) is 0 Å². The van der Waals surface area contributed by atoms with E-state index in [-0.39, 0.29) is 24.0 Å². The maximum Gasteiger partial charge on any atom is 0.326 e. The number of hydrogen-bond acceptors (Lipinski definition) is 7. The highest BCUT2D eigenvalue weighted by Gasteiger charge is 2.33. The lowest BCUT2D eigenvalue weighted by Crippen LogP contribution is -2.59. The fraction of sp³-hybridized carbons (Fsp3) is 0.560. The van der Waals surface area contributed by atoms with E-state index in [0.29, 0.717) is 18.4 Å². The minimum absolute atomic E-state index is 0.00150. The van der Waals surface area contributed by atoms with Crippen LogP contribution in [0.5, 0.6) is 5.75 Å². The van der Waals surface area contributed by atoms with Gasteiger partial charge in [0.2, 0.25) is 23.6 Å². The Bertz CT molecular complexity index is 953. The SMILES string of the molecule is CCC(C)C(N)C(=O)NC(C(=O)NC(Cc1ccc(O)cc1)C(=O)NC(CC(N)=O)C(=O)O)C(C)CC. The van der Waals surface area contributed by atoms with Crippen LogP contribution in [0.25, 0.3) is 0 Å². The van der Waals surface area contributed by atoms with Crippen LogP contribution in [0.1, 0.15) is 52.5 Å². The largest absolute Gasteiger partial charge is 0.508 e. The van der Waals surface area contributed by atoms with Crippen molar-refractivity contribution in [1.82, 2.24) is 16.0 Å². The van der Waals surface area contributed by atoms with Crippen molar-refractivity contribution in [2.24, 2.45) is 23.3 Å². The number of hydrogen-bond donors (Lipinski definition) is 7. The average molecular weight is 522 g/mol. The maximum atomic E-state index is 13.3. The Labute approximate surface area is 216 Å². The average Bonchev–Trinajstić information content (AvgIpc) is 2.85. The molecule has 1 rings (SSSR count). The van der Waals surface area contributed by atoms with Crippen LogP contribution in [0.4, 0.5) is 0 Å². The Balaban J connectivity index is 3.21. The van der Waals surface area contributed by atoms with Gasteiger partial charge in [-0.2, -0.15) is 0 Å². The predicted octanol–water partition coefficient (Wildman–Crippen LogP) is -0.231. The van der Waals surface area contributed by atoms with Crippen LogP contribution in [0.2, 0.25) is 0 Å². The van der Waals surface area contributed by atoms with Crippen LogP contribution < -0.4 is 27.4 Å². The fourth-order valence-corrected chi connectivity index (χ4v) is 3.48. The molecule has 0 aliphatic heterocycles. The van der Waals surface area contributed by atoms with Gasteiger partial charge in [-0.05, 0) is 29.5 Å². The van der Waals surface area contributed by atoms with Gasteiger partial charge in [0.05, 0.1) is 12.5 Å². The van der Waals surface area contributed by atoms with Crippen LogP contribution in [-0.4, -0.2) is 64.0 Å². The number of carboxylic acid groups (broad SMARTS) is 1. The zero-order valence-electron chi connectivity index (χ0n) is 21.7. The summed E-state index contributed by atoms with van der Waals surface area (Å²) in [5.74, 6) is -4.84. The summed E-state index contributed by atoms with van der Waals surface area (Å²) in [6.45, 7) is 7.33. The summed E-state index contributed by atoms with van der Waals surface area (Å²) in [6, 6.07) is 1.18. The zero-order chi connectivity index (χ0) is 28.3. The van der Waals surface area contributed by atoms with Crippen molar-refractivity contribution < 1.29 is 34.2 Å². The van der Waals surface area contributed by atoms with Gasteiger partial charge in [-0.3, -0.25) is 19.2 Å². The highest BCUT2D eigenvalue weighted by molar-refractivity contribution is 5.95. The second-order valence-electron chi connectivity index (χ2n) is 9.28. The summed E-state index contributed by atoms with van der Waals surface area (Å²) >= 11 is 0. The highest BCUT2D eigenvalue weighted by atomic mass is 16.4. The lowest BCUT2D eigenvalue weighted by atomic mass is 9.95. The Morgan fingerprint density at radius 2 is 1.38 bits per heavy atom. The van der Waals surface area contributed by atoms with Crippen molar-refractivity contribution in [3.8, 4) is 5.75 Å². The molecule has 206 valence electrons. The van der Waals surface area contributed by atoms with E-state index in [1.165, 1.54) is 12.1 Å². The zero-order valence-corrected chi connectivity index (χ0v) is 21.7. The molecule has 0 bridgehead atoms. The molecule has 0 aliphatic carbocycles. The van der Waals surface area contributed by atoms with E-state index in [4.69, 9.17) is 11.5 Å². The maximum absolute atomic E-state index is 13.3. The van der Waals surface area contributed by atoms with Gasteiger partial charge in [0.1, 0.15) is 23.9 Å². The van der Waals surface area contributed by atoms with Gasteiger partial charge in [-0.25, -0.2) is 4.79 Å². The molecule has 6 unspecified atom stereocenters. The molecule has 37 heavy (non-hydrogen) atoms. The molecule has 6 atom stereocenters. The van der Waals surface area contributed by atoms with Crippen molar-refractivity contribution in [2.75, 3.05) is 0 Å². The summed E-state index contributed by atoms with van der Waals surface area (Å²) in [5.41, 5.74) is 11.7. The number of rotatable bonds is 15. The summed E-state index contributed by atoms with van der Waals surface area (Å²) in [6.07, 6.45) is 0.499. The van der Waals surface area contributed by atoms with Gasteiger partial charge in [0.15, 0.2) is 0 Å².